The van der Waals surface area contributed by atoms with Crippen molar-refractivity contribution in [2.75, 3.05) is 37.6 Å². The van der Waals surface area contributed by atoms with E-state index in [4.69, 9.17) is 4.98 Å². The van der Waals surface area contributed by atoms with E-state index in [0.29, 0.717) is 6.54 Å². The second kappa shape index (κ2) is 10.4. The number of amides is 2. The van der Waals surface area contributed by atoms with Crippen LogP contribution in [0.3, 0.4) is 0 Å². The van der Waals surface area contributed by atoms with E-state index >= 15 is 0 Å². The molecule has 1 N–H and O–H groups in total. The molecule has 0 bridgehead atoms. The quantitative estimate of drug-likeness (QED) is 0.732. The van der Waals surface area contributed by atoms with Gasteiger partial charge in [0.1, 0.15) is 11.6 Å². The summed E-state index contributed by atoms with van der Waals surface area (Å²) in [7, 11) is 0. The normalized spacial score (nSPS) is 14.5. The van der Waals surface area contributed by atoms with E-state index in [1.807, 2.05) is 11.8 Å². The number of urea groups is 1. The molecule has 2 aromatic rings. The van der Waals surface area contributed by atoms with Crippen molar-refractivity contribution in [3.63, 3.8) is 0 Å². The third kappa shape index (κ3) is 5.71. The fraction of sp³-hybridized carbons (Fsp3) is 0.542. The fourth-order valence-corrected chi connectivity index (χ4v) is 3.91. The summed E-state index contributed by atoms with van der Waals surface area (Å²) in [5.74, 6) is 1.82. The van der Waals surface area contributed by atoms with Crippen LogP contribution in [0.1, 0.15) is 54.4 Å². The van der Waals surface area contributed by atoms with Gasteiger partial charge in [-0.2, -0.15) is 0 Å². The average molecular weight is 410 g/mol. The van der Waals surface area contributed by atoms with Crippen LogP contribution in [0.2, 0.25) is 0 Å². The van der Waals surface area contributed by atoms with Crippen molar-refractivity contribution in [3.05, 3.63) is 52.5 Å². The molecular weight excluding hydrogens is 374 g/mol. The van der Waals surface area contributed by atoms with Gasteiger partial charge >= 0.3 is 6.03 Å². The van der Waals surface area contributed by atoms with Gasteiger partial charge in [0.15, 0.2) is 0 Å². The van der Waals surface area contributed by atoms with Gasteiger partial charge in [-0.15, -0.1) is 0 Å². The van der Waals surface area contributed by atoms with Gasteiger partial charge in [-0.1, -0.05) is 43.2 Å². The predicted octanol–water partition coefficient (Wildman–Crippen LogP) is 4.01. The highest BCUT2D eigenvalue weighted by atomic mass is 16.2. The summed E-state index contributed by atoms with van der Waals surface area (Å²) in [6.45, 7) is 12.2. The fourth-order valence-electron chi connectivity index (χ4n) is 3.91. The highest BCUT2D eigenvalue weighted by Crippen LogP contribution is 2.25. The molecule has 0 aliphatic carbocycles. The molecule has 162 valence electrons. The number of rotatable bonds is 6. The number of aromatic nitrogens is 2. The average Bonchev–Trinajstić information content (AvgIpc) is 2.98. The topological polar surface area (TPSA) is 61.4 Å². The first-order chi connectivity index (χ1) is 14.5. The molecule has 0 saturated carbocycles. The number of hydrogen-bond acceptors (Lipinski definition) is 4. The second-order valence-electron chi connectivity index (χ2n) is 8.23. The number of unbranched alkanes of at least 4 members (excludes halogenated alkanes) is 1. The first kappa shape index (κ1) is 22.1. The number of anilines is 1. The molecule has 1 saturated heterocycles. The zero-order valence-electron chi connectivity index (χ0n) is 18.9. The van der Waals surface area contributed by atoms with Crippen molar-refractivity contribution < 1.29 is 4.79 Å². The van der Waals surface area contributed by atoms with E-state index in [0.717, 1.165) is 69.2 Å². The molecule has 1 aliphatic rings. The summed E-state index contributed by atoms with van der Waals surface area (Å²) >= 11 is 0. The maximum absolute atomic E-state index is 12.5. The maximum Gasteiger partial charge on any atom is 0.317 e. The van der Waals surface area contributed by atoms with Crippen molar-refractivity contribution >= 4 is 11.8 Å². The standard InChI is InChI=1S/C24H35N5O/c1-5-6-12-25-24(30)29-14-7-13-28(15-16-29)23-22(19(3)26-20(4)27-23)17-21-10-8-18(2)9-11-21/h8-11H,5-7,12-17H2,1-4H3,(H,25,30). The Balaban J connectivity index is 1.76. The molecule has 0 radical (unpaired) electrons. The Morgan fingerprint density at radius 2 is 1.80 bits per heavy atom. The van der Waals surface area contributed by atoms with Crippen LogP contribution in [0.4, 0.5) is 10.6 Å². The third-order valence-electron chi connectivity index (χ3n) is 5.69. The number of nitrogens with zero attached hydrogens (tertiary/aromatic N) is 4. The minimum atomic E-state index is 0.0558. The molecule has 1 aliphatic heterocycles. The van der Waals surface area contributed by atoms with E-state index < -0.39 is 0 Å². The SMILES string of the molecule is CCCCNC(=O)N1CCCN(c2nc(C)nc(C)c2Cc2ccc(C)cc2)CC1. The molecule has 1 fully saturated rings. The van der Waals surface area contributed by atoms with Crippen LogP contribution >= 0.6 is 0 Å². The first-order valence-electron chi connectivity index (χ1n) is 11.1. The Hall–Kier alpha value is -2.63. The Bertz CT molecular complexity index is 849. The summed E-state index contributed by atoms with van der Waals surface area (Å²) < 4.78 is 0. The highest BCUT2D eigenvalue weighted by Gasteiger charge is 2.23. The van der Waals surface area contributed by atoms with E-state index in [1.54, 1.807) is 0 Å². The lowest BCUT2D eigenvalue weighted by atomic mass is 10.0. The second-order valence-corrected chi connectivity index (χ2v) is 8.23. The van der Waals surface area contributed by atoms with Crippen molar-refractivity contribution in [2.45, 2.75) is 53.4 Å². The lowest BCUT2D eigenvalue weighted by molar-refractivity contribution is 0.201. The molecule has 6 heteroatoms. The zero-order valence-corrected chi connectivity index (χ0v) is 18.9. The van der Waals surface area contributed by atoms with Crippen LogP contribution in [0, 0.1) is 20.8 Å². The van der Waals surface area contributed by atoms with E-state index in [9.17, 15) is 4.79 Å². The van der Waals surface area contributed by atoms with Crippen LogP contribution in [0.25, 0.3) is 0 Å². The third-order valence-corrected chi connectivity index (χ3v) is 5.69. The molecular formula is C24H35N5O. The van der Waals surface area contributed by atoms with E-state index in [2.05, 4.69) is 60.2 Å². The van der Waals surface area contributed by atoms with Gasteiger partial charge in [-0.3, -0.25) is 0 Å². The number of benzene rings is 1. The van der Waals surface area contributed by atoms with Crippen molar-refractivity contribution in [1.82, 2.24) is 20.2 Å². The van der Waals surface area contributed by atoms with Gasteiger partial charge in [-0.25, -0.2) is 14.8 Å². The highest BCUT2D eigenvalue weighted by molar-refractivity contribution is 5.74. The Morgan fingerprint density at radius 1 is 1.03 bits per heavy atom. The number of hydrogen-bond donors (Lipinski definition) is 1. The largest absolute Gasteiger partial charge is 0.354 e. The lowest BCUT2D eigenvalue weighted by Gasteiger charge is -2.26. The van der Waals surface area contributed by atoms with Gasteiger partial charge in [-0.05, 0) is 39.2 Å². The van der Waals surface area contributed by atoms with Crippen molar-refractivity contribution in [1.29, 1.82) is 0 Å². The van der Waals surface area contributed by atoms with Crippen LogP contribution in [0.15, 0.2) is 24.3 Å². The monoisotopic (exact) mass is 409 g/mol. The van der Waals surface area contributed by atoms with Crippen LogP contribution < -0.4 is 10.2 Å². The molecule has 30 heavy (non-hydrogen) atoms. The van der Waals surface area contributed by atoms with Crippen LogP contribution in [-0.2, 0) is 6.42 Å². The summed E-state index contributed by atoms with van der Waals surface area (Å²) in [5, 5.41) is 3.05. The van der Waals surface area contributed by atoms with Gasteiger partial charge in [0.2, 0.25) is 0 Å². The van der Waals surface area contributed by atoms with Gasteiger partial charge in [0.25, 0.3) is 0 Å². The first-order valence-corrected chi connectivity index (χ1v) is 11.1. The summed E-state index contributed by atoms with van der Waals surface area (Å²) in [5.41, 5.74) is 4.76. The Labute approximate surface area is 180 Å². The Kier molecular flexibility index (Phi) is 7.66. The van der Waals surface area contributed by atoms with Crippen molar-refractivity contribution in [3.8, 4) is 0 Å². The summed E-state index contributed by atoms with van der Waals surface area (Å²) in [4.78, 5) is 26.2. The van der Waals surface area contributed by atoms with Gasteiger partial charge in [0.05, 0.1) is 0 Å². The zero-order chi connectivity index (χ0) is 21.5. The summed E-state index contributed by atoms with van der Waals surface area (Å²) in [6, 6.07) is 8.73. The van der Waals surface area contributed by atoms with Crippen LogP contribution in [-0.4, -0.2) is 53.6 Å². The van der Waals surface area contributed by atoms with Gasteiger partial charge < -0.3 is 15.1 Å². The molecule has 2 heterocycles. The smallest absolute Gasteiger partial charge is 0.317 e. The maximum atomic E-state index is 12.5. The molecule has 1 aromatic carbocycles. The molecule has 6 nitrogen and oxygen atoms in total. The molecule has 0 spiro atoms. The molecule has 0 unspecified atom stereocenters. The van der Waals surface area contributed by atoms with E-state index in [-0.39, 0.29) is 6.03 Å². The van der Waals surface area contributed by atoms with Crippen molar-refractivity contribution in [2.24, 2.45) is 0 Å². The number of carbonyl (C=O) groups excluding carboxylic acids is 1. The van der Waals surface area contributed by atoms with E-state index in [1.165, 1.54) is 16.7 Å². The summed E-state index contributed by atoms with van der Waals surface area (Å²) in [6.07, 6.45) is 3.87. The van der Waals surface area contributed by atoms with Gasteiger partial charge in [0, 0.05) is 50.4 Å². The number of aryl methyl sites for hydroxylation is 3. The molecule has 1 aromatic heterocycles. The molecule has 0 atom stereocenters. The molecule has 3 rings (SSSR count). The van der Waals surface area contributed by atoms with Crippen LogP contribution in [0.5, 0.6) is 0 Å². The number of carbonyl (C=O) groups is 1. The lowest BCUT2D eigenvalue weighted by Crippen LogP contribution is -2.42. The Morgan fingerprint density at radius 3 is 2.53 bits per heavy atom. The minimum Gasteiger partial charge on any atom is -0.354 e. The predicted molar refractivity (Wildman–Crippen MR) is 122 cm³/mol. The number of nitrogens with one attached hydrogen (secondary N) is 1. The minimum absolute atomic E-state index is 0.0558. The molecule has 2 amide bonds.